The van der Waals surface area contributed by atoms with Crippen molar-refractivity contribution in [2.24, 2.45) is 5.73 Å². The van der Waals surface area contributed by atoms with Crippen LogP contribution >= 0.6 is 0 Å². The highest BCUT2D eigenvalue weighted by Crippen LogP contribution is 2.25. The van der Waals surface area contributed by atoms with Crippen molar-refractivity contribution >= 4 is 0 Å². The summed E-state index contributed by atoms with van der Waals surface area (Å²) in [4.78, 5) is 0. The molecular weight excluding hydrogens is 252 g/mol. The zero-order valence-corrected chi connectivity index (χ0v) is 11.3. The second kappa shape index (κ2) is 6.60. The van der Waals surface area contributed by atoms with Crippen molar-refractivity contribution < 1.29 is 9.47 Å². The number of ether oxygens (including phenoxy) is 2. The van der Waals surface area contributed by atoms with Gasteiger partial charge in [-0.05, 0) is 23.8 Å². The van der Waals surface area contributed by atoms with Crippen molar-refractivity contribution in [1.29, 1.82) is 5.26 Å². The molecule has 2 aromatic rings. The van der Waals surface area contributed by atoms with Gasteiger partial charge in [-0.2, -0.15) is 5.26 Å². The van der Waals surface area contributed by atoms with Crippen LogP contribution in [0.15, 0.2) is 42.5 Å². The average molecular weight is 268 g/mol. The van der Waals surface area contributed by atoms with Crippen LogP contribution in [0.5, 0.6) is 11.5 Å². The molecule has 0 atom stereocenters. The zero-order valence-electron chi connectivity index (χ0n) is 11.3. The number of hydrogen-bond donors (Lipinski definition) is 1. The molecule has 2 aromatic carbocycles. The summed E-state index contributed by atoms with van der Waals surface area (Å²) in [5.74, 6) is 1.45. The number of nitrogens with zero attached hydrogens (tertiary/aromatic N) is 1. The highest BCUT2D eigenvalue weighted by molar-refractivity contribution is 5.41. The van der Waals surface area contributed by atoms with Crippen molar-refractivity contribution in [2.45, 2.75) is 13.2 Å². The van der Waals surface area contributed by atoms with Gasteiger partial charge < -0.3 is 15.2 Å². The lowest BCUT2D eigenvalue weighted by Gasteiger charge is -2.12. The predicted octanol–water partition coefficient (Wildman–Crippen LogP) is 2.60. The Morgan fingerprint density at radius 2 is 1.90 bits per heavy atom. The Morgan fingerprint density at radius 1 is 1.15 bits per heavy atom. The van der Waals surface area contributed by atoms with Gasteiger partial charge in [0.25, 0.3) is 0 Å². The minimum Gasteiger partial charge on any atom is -0.497 e. The van der Waals surface area contributed by atoms with Crippen LogP contribution in [0.25, 0.3) is 0 Å². The number of rotatable bonds is 5. The lowest BCUT2D eigenvalue weighted by molar-refractivity contribution is 0.300. The van der Waals surface area contributed by atoms with E-state index in [9.17, 15) is 0 Å². The fourth-order valence-corrected chi connectivity index (χ4v) is 1.80. The smallest absolute Gasteiger partial charge is 0.127 e. The molecule has 0 spiro atoms. The van der Waals surface area contributed by atoms with E-state index in [4.69, 9.17) is 20.5 Å². The van der Waals surface area contributed by atoms with E-state index in [-0.39, 0.29) is 0 Å². The zero-order chi connectivity index (χ0) is 14.4. The Kier molecular flexibility index (Phi) is 4.59. The predicted molar refractivity (Wildman–Crippen MR) is 76.4 cm³/mol. The molecule has 0 saturated heterocycles. The van der Waals surface area contributed by atoms with E-state index in [0.717, 1.165) is 22.6 Å². The number of benzene rings is 2. The van der Waals surface area contributed by atoms with Gasteiger partial charge in [-0.3, -0.25) is 0 Å². The summed E-state index contributed by atoms with van der Waals surface area (Å²) in [7, 11) is 1.61. The third-order valence-corrected chi connectivity index (χ3v) is 2.97. The van der Waals surface area contributed by atoms with E-state index >= 15 is 0 Å². The Hall–Kier alpha value is -2.51. The molecule has 0 fully saturated rings. The van der Waals surface area contributed by atoms with Gasteiger partial charge in [0.15, 0.2) is 0 Å². The first-order chi connectivity index (χ1) is 9.76. The highest BCUT2D eigenvalue weighted by Gasteiger charge is 2.05. The van der Waals surface area contributed by atoms with Crippen LogP contribution in [0, 0.1) is 11.3 Å². The van der Waals surface area contributed by atoms with Gasteiger partial charge in [0.05, 0.1) is 18.7 Å². The normalized spacial score (nSPS) is 9.85. The van der Waals surface area contributed by atoms with Crippen LogP contribution in [0.4, 0.5) is 0 Å². The molecular formula is C16H16N2O2. The molecule has 0 unspecified atom stereocenters. The van der Waals surface area contributed by atoms with Crippen LogP contribution < -0.4 is 15.2 Å². The van der Waals surface area contributed by atoms with Gasteiger partial charge in [-0.25, -0.2) is 0 Å². The molecule has 0 radical (unpaired) electrons. The van der Waals surface area contributed by atoms with Crippen LogP contribution in [-0.2, 0) is 13.2 Å². The lowest BCUT2D eigenvalue weighted by atomic mass is 10.1. The molecule has 20 heavy (non-hydrogen) atoms. The molecule has 4 nitrogen and oxygen atoms in total. The van der Waals surface area contributed by atoms with Gasteiger partial charge in [-0.15, -0.1) is 0 Å². The molecule has 0 bridgehead atoms. The van der Waals surface area contributed by atoms with Crippen molar-refractivity contribution in [3.8, 4) is 17.6 Å². The first-order valence-electron chi connectivity index (χ1n) is 6.25. The number of nitrogens with two attached hydrogens (primary N) is 1. The molecule has 2 N–H and O–H groups in total. The maximum atomic E-state index is 8.75. The van der Waals surface area contributed by atoms with Crippen LogP contribution in [0.2, 0.25) is 0 Å². The van der Waals surface area contributed by atoms with E-state index in [1.165, 1.54) is 0 Å². The van der Waals surface area contributed by atoms with Crippen LogP contribution in [-0.4, -0.2) is 7.11 Å². The largest absolute Gasteiger partial charge is 0.497 e. The van der Waals surface area contributed by atoms with Gasteiger partial charge in [0.1, 0.15) is 18.1 Å². The summed E-state index contributed by atoms with van der Waals surface area (Å²) < 4.78 is 11.0. The van der Waals surface area contributed by atoms with E-state index < -0.39 is 0 Å². The lowest BCUT2D eigenvalue weighted by Crippen LogP contribution is -2.03. The minimum atomic E-state index is 0.409. The Bertz CT molecular complexity index is 615. The number of nitriles is 1. The molecule has 4 heteroatoms. The van der Waals surface area contributed by atoms with Gasteiger partial charge in [0, 0.05) is 18.2 Å². The summed E-state index contributed by atoms with van der Waals surface area (Å²) in [6.45, 7) is 0.832. The van der Waals surface area contributed by atoms with Crippen molar-refractivity contribution in [1.82, 2.24) is 0 Å². The summed E-state index contributed by atoms with van der Waals surface area (Å²) in [6, 6.07) is 15.0. The van der Waals surface area contributed by atoms with E-state index in [0.29, 0.717) is 18.7 Å². The quantitative estimate of drug-likeness (QED) is 0.905. The molecule has 0 aliphatic heterocycles. The van der Waals surface area contributed by atoms with Gasteiger partial charge >= 0.3 is 0 Å². The van der Waals surface area contributed by atoms with E-state index in [1.54, 1.807) is 19.2 Å². The van der Waals surface area contributed by atoms with Crippen LogP contribution in [0.1, 0.15) is 16.7 Å². The topological polar surface area (TPSA) is 68.3 Å². The molecule has 2 rings (SSSR count). The minimum absolute atomic E-state index is 0.409. The van der Waals surface area contributed by atoms with Crippen molar-refractivity contribution in [2.75, 3.05) is 7.11 Å². The summed E-state index contributed by atoms with van der Waals surface area (Å²) >= 11 is 0. The second-order valence-corrected chi connectivity index (χ2v) is 4.28. The Balaban J connectivity index is 2.11. The molecule has 0 aromatic heterocycles. The molecule has 102 valence electrons. The summed E-state index contributed by atoms with van der Waals surface area (Å²) in [6.07, 6.45) is 0. The summed E-state index contributed by atoms with van der Waals surface area (Å²) in [5.41, 5.74) is 8.25. The third-order valence-electron chi connectivity index (χ3n) is 2.97. The van der Waals surface area contributed by atoms with E-state index in [1.807, 2.05) is 30.3 Å². The standard InChI is InChI=1S/C16H16N2O2/c1-19-15-7-6-14(10-18)16(8-15)20-11-13-4-2-12(9-17)3-5-13/h2-8H,10-11,18H2,1H3. The van der Waals surface area contributed by atoms with Gasteiger partial charge in [0.2, 0.25) is 0 Å². The van der Waals surface area contributed by atoms with Crippen molar-refractivity contribution in [3.63, 3.8) is 0 Å². The molecule has 0 aliphatic rings. The fraction of sp³-hybridized carbons (Fsp3) is 0.188. The van der Waals surface area contributed by atoms with Crippen molar-refractivity contribution in [3.05, 3.63) is 59.2 Å². The monoisotopic (exact) mass is 268 g/mol. The fourth-order valence-electron chi connectivity index (χ4n) is 1.80. The first-order valence-corrected chi connectivity index (χ1v) is 6.25. The Labute approximate surface area is 118 Å². The highest BCUT2D eigenvalue weighted by atomic mass is 16.5. The maximum Gasteiger partial charge on any atom is 0.127 e. The molecule has 0 saturated carbocycles. The molecule has 0 amide bonds. The average Bonchev–Trinajstić information content (AvgIpc) is 2.53. The maximum absolute atomic E-state index is 8.75. The Morgan fingerprint density at radius 3 is 2.50 bits per heavy atom. The van der Waals surface area contributed by atoms with Crippen LogP contribution in [0.3, 0.4) is 0 Å². The summed E-state index contributed by atoms with van der Waals surface area (Å²) in [5, 5.41) is 8.75. The molecule has 0 aliphatic carbocycles. The number of hydrogen-bond acceptors (Lipinski definition) is 4. The third kappa shape index (κ3) is 3.28. The van der Waals surface area contributed by atoms with E-state index in [2.05, 4.69) is 6.07 Å². The molecule has 0 heterocycles. The first kappa shape index (κ1) is 13.9. The van der Waals surface area contributed by atoms with Gasteiger partial charge in [-0.1, -0.05) is 18.2 Å². The SMILES string of the molecule is COc1ccc(CN)c(OCc2ccc(C#N)cc2)c1. The second-order valence-electron chi connectivity index (χ2n) is 4.28. The number of methoxy groups -OCH3 is 1.